The Kier molecular flexibility index (Phi) is 7.11. The highest BCUT2D eigenvalue weighted by atomic mass is 32.2. The maximum atomic E-state index is 13.1. The van der Waals surface area contributed by atoms with Crippen LogP contribution < -0.4 is 0 Å². The van der Waals surface area contributed by atoms with Crippen LogP contribution in [0.15, 0.2) is 60.7 Å². The third-order valence-electron chi connectivity index (χ3n) is 4.47. The van der Waals surface area contributed by atoms with E-state index < -0.39 is 22.5 Å². The highest BCUT2D eigenvalue weighted by Gasteiger charge is 2.39. The number of carbonyl (C=O) groups is 4. The van der Waals surface area contributed by atoms with Crippen molar-refractivity contribution in [3.63, 3.8) is 0 Å². The van der Waals surface area contributed by atoms with E-state index in [1.54, 1.807) is 60.7 Å². The molecule has 2 aromatic rings. The standard InChI is InChI=1S/C21H19NO5S2/c23-17(22-13-7-12-16(22)18(24)25)21(28-19(26)14-8-3-1-4-9-14)29-20(27)15-10-5-2-6-11-15/h1-6,8-11,16,21H,7,12-13H2,(H,24,25). The molecule has 1 N–H and O–H groups in total. The van der Waals surface area contributed by atoms with E-state index >= 15 is 0 Å². The molecule has 1 fully saturated rings. The van der Waals surface area contributed by atoms with Crippen molar-refractivity contribution in [1.82, 2.24) is 4.90 Å². The Hall–Kier alpha value is -2.58. The van der Waals surface area contributed by atoms with Crippen molar-refractivity contribution in [2.45, 2.75) is 23.5 Å². The van der Waals surface area contributed by atoms with Gasteiger partial charge < -0.3 is 10.0 Å². The van der Waals surface area contributed by atoms with Gasteiger partial charge in [0.1, 0.15) is 10.6 Å². The molecule has 0 saturated carbocycles. The van der Waals surface area contributed by atoms with Crippen LogP contribution in [0.4, 0.5) is 0 Å². The zero-order valence-electron chi connectivity index (χ0n) is 15.4. The molecule has 2 aromatic carbocycles. The van der Waals surface area contributed by atoms with Crippen molar-refractivity contribution in [3.05, 3.63) is 71.8 Å². The Morgan fingerprint density at radius 2 is 1.34 bits per heavy atom. The predicted molar refractivity (Wildman–Crippen MR) is 113 cm³/mol. The Labute approximate surface area is 176 Å². The number of aliphatic carboxylic acids is 1. The monoisotopic (exact) mass is 429 g/mol. The first-order valence-electron chi connectivity index (χ1n) is 9.02. The maximum Gasteiger partial charge on any atom is 0.326 e. The van der Waals surface area contributed by atoms with Gasteiger partial charge in [0.2, 0.25) is 16.1 Å². The number of hydrogen-bond donors (Lipinski definition) is 1. The summed E-state index contributed by atoms with van der Waals surface area (Å²) < 4.78 is -1.06. The fourth-order valence-electron chi connectivity index (χ4n) is 3.03. The van der Waals surface area contributed by atoms with Crippen LogP contribution in [0.3, 0.4) is 0 Å². The molecule has 0 aliphatic carbocycles. The predicted octanol–water partition coefficient (Wildman–Crippen LogP) is 3.54. The summed E-state index contributed by atoms with van der Waals surface area (Å²) >= 11 is 1.50. The van der Waals surface area contributed by atoms with Gasteiger partial charge >= 0.3 is 5.97 Å². The number of hydrogen-bond acceptors (Lipinski definition) is 6. The molecule has 6 nitrogen and oxygen atoms in total. The maximum absolute atomic E-state index is 13.1. The van der Waals surface area contributed by atoms with Crippen molar-refractivity contribution in [2.24, 2.45) is 0 Å². The summed E-state index contributed by atoms with van der Waals surface area (Å²) in [4.78, 5) is 51.2. The average Bonchev–Trinajstić information content (AvgIpc) is 3.24. The largest absolute Gasteiger partial charge is 0.480 e. The van der Waals surface area contributed by atoms with E-state index in [4.69, 9.17) is 0 Å². The van der Waals surface area contributed by atoms with Crippen molar-refractivity contribution < 1.29 is 24.3 Å². The zero-order valence-corrected chi connectivity index (χ0v) is 17.0. The van der Waals surface area contributed by atoms with Crippen LogP contribution in [0.2, 0.25) is 0 Å². The zero-order chi connectivity index (χ0) is 20.8. The first-order valence-corrected chi connectivity index (χ1v) is 10.8. The molecule has 8 heteroatoms. The topological polar surface area (TPSA) is 91.8 Å². The quantitative estimate of drug-likeness (QED) is 0.702. The van der Waals surface area contributed by atoms with Crippen LogP contribution >= 0.6 is 23.5 Å². The number of carbonyl (C=O) groups excluding carboxylic acids is 3. The Morgan fingerprint density at radius 3 is 1.79 bits per heavy atom. The molecule has 1 saturated heterocycles. The van der Waals surface area contributed by atoms with E-state index in [0.717, 1.165) is 23.5 Å². The Bertz CT molecular complexity index is 850. The fraction of sp³-hybridized carbons (Fsp3) is 0.238. The number of carboxylic acid groups (broad SMARTS) is 1. The van der Waals surface area contributed by atoms with Crippen LogP contribution in [0, 0.1) is 0 Å². The fourth-order valence-corrected chi connectivity index (χ4v) is 5.15. The minimum absolute atomic E-state index is 0.298. The lowest BCUT2D eigenvalue weighted by molar-refractivity contribution is -0.147. The Balaban J connectivity index is 1.82. The minimum Gasteiger partial charge on any atom is -0.480 e. The number of amides is 1. The number of likely N-dealkylation sites (tertiary alicyclic amines) is 1. The highest BCUT2D eigenvalue weighted by Crippen LogP contribution is 2.33. The van der Waals surface area contributed by atoms with Crippen LogP contribution in [0.25, 0.3) is 0 Å². The lowest BCUT2D eigenvalue weighted by Gasteiger charge is -2.25. The summed E-state index contributed by atoms with van der Waals surface area (Å²) in [7, 11) is 0. The van der Waals surface area contributed by atoms with Gasteiger partial charge in [-0.1, -0.05) is 84.2 Å². The van der Waals surface area contributed by atoms with Crippen LogP contribution in [0.5, 0.6) is 0 Å². The molecular weight excluding hydrogens is 410 g/mol. The van der Waals surface area contributed by atoms with Gasteiger partial charge in [0.15, 0.2) is 0 Å². The van der Waals surface area contributed by atoms with Gasteiger partial charge in [-0.2, -0.15) is 0 Å². The third kappa shape index (κ3) is 5.27. The van der Waals surface area contributed by atoms with E-state index in [0.29, 0.717) is 30.5 Å². The molecule has 150 valence electrons. The third-order valence-corrected chi connectivity index (χ3v) is 6.78. The Morgan fingerprint density at radius 1 is 0.862 bits per heavy atom. The number of rotatable bonds is 6. The minimum atomic E-state index is -1.08. The van der Waals surface area contributed by atoms with Gasteiger partial charge in [-0.25, -0.2) is 4.79 Å². The summed E-state index contributed by atoms with van der Waals surface area (Å²) in [5.74, 6) is -1.59. The SMILES string of the molecule is O=C(SC(SC(=O)c1ccccc1)C(=O)N1CCCC1C(=O)O)c1ccccc1. The van der Waals surface area contributed by atoms with E-state index in [1.807, 2.05) is 0 Å². The number of thioether (sulfide) groups is 2. The second-order valence-corrected chi connectivity index (χ2v) is 8.86. The van der Waals surface area contributed by atoms with Gasteiger partial charge in [0.25, 0.3) is 0 Å². The lowest BCUT2D eigenvalue weighted by Crippen LogP contribution is -2.44. The first kappa shape index (κ1) is 21.1. The number of nitrogens with zero attached hydrogens (tertiary/aromatic N) is 1. The molecule has 1 unspecified atom stereocenters. The molecule has 1 atom stereocenters. The van der Waals surface area contributed by atoms with Crippen LogP contribution in [-0.4, -0.2) is 49.3 Å². The summed E-state index contributed by atoms with van der Waals surface area (Å²) in [6.45, 7) is 0.298. The molecule has 29 heavy (non-hydrogen) atoms. The van der Waals surface area contributed by atoms with E-state index in [-0.39, 0.29) is 10.2 Å². The van der Waals surface area contributed by atoms with Crippen molar-refractivity contribution in [3.8, 4) is 0 Å². The molecule has 0 aromatic heterocycles. The van der Waals surface area contributed by atoms with Crippen molar-refractivity contribution in [1.29, 1.82) is 0 Å². The molecular formula is C21H19NO5S2. The molecule has 3 rings (SSSR count). The number of benzene rings is 2. The molecule has 0 spiro atoms. The molecule has 1 heterocycles. The van der Waals surface area contributed by atoms with Crippen LogP contribution in [-0.2, 0) is 9.59 Å². The lowest BCUT2D eigenvalue weighted by atomic mass is 10.2. The summed E-state index contributed by atoms with van der Waals surface area (Å²) in [5.41, 5.74) is 0.832. The van der Waals surface area contributed by atoms with Gasteiger partial charge in [0, 0.05) is 17.7 Å². The van der Waals surface area contributed by atoms with Gasteiger partial charge in [-0.15, -0.1) is 0 Å². The van der Waals surface area contributed by atoms with Crippen molar-refractivity contribution in [2.75, 3.05) is 6.54 Å². The average molecular weight is 430 g/mol. The molecule has 1 amide bonds. The second kappa shape index (κ2) is 9.76. The van der Waals surface area contributed by atoms with E-state index in [2.05, 4.69) is 0 Å². The van der Waals surface area contributed by atoms with E-state index in [1.165, 1.54) is 4.90 Å². The van der Waals surface area contributed by atoms with E-state index in [9.17, 15) is 24.3 Å². The van der Waals surface area contributed by atoms with Gasteiger partial charge in [-0.3, -0.25) is 14.4 Å². The summed E-state index contributed by atoms with van der Waals surface area (Å²) in [5, 5.41) is 8.70. The molecule has 0 radical (unpaired) electrons. The highest BCUT2D eigenvalue weighted by molar-refractivity contribution is 8.31. The number of carboxylic acids is 1. The summed E-state index contributed by atoms with van der Waals surface area (Å²) in [6, 6.07) is 16.0. The normalized spacial score (nSPS) is 16.0. The second-order valence-electron chi connectivity index (χ2n) is 6.40. The molecule has 0 bridgehead atoms. The van der Waals surface area contributed by atoms with Crippen molar-refractivity contribution >= 4 is 45.6 Å². The smallest absolute Gasteiger partial charge is 0.326 e. The molecule has 1 aliphatic rings. The molecule has 1 aliphatic heterocycles. The van der Waals surface area contributed by atoms with Gasteiger partial charge in [0.05, 0.1) is 0 Å². The summed E-state index contributed by atoms with van der Waals surface area (Å²) in [6.07, 6.45) is 0.937. The van der Waals surface area contributed by atoms with Gasteiger partial charge in [-0.05, 0) is 12.8 Å². The van der Waals surface area contributed by atoms with Crippen LogP contribution in [0.1, 0.15) is 33.6 Å². The first-order chi connectivity index (χ1) is 14.0.